The summed E-state index contributed by atoms with van der Waals surface area (Å²) >= 11 is 12.1. The van der Waals surface area contributed by atoms with Crippen LogP contribution in [0.4, 0.5) is 0 Å². The van der Waals surface area contributed by atoms with E-state index in [-0.39, 0.29) is 12.0 Å². The van der Waals surface area contributed by atoms with Gasteiger partial charge >= 0.3 is 0 Å². The smallest absolute Gasteiger partial charge is 0.138 e. The summed E-state index contributed by atoms with van der Waals surface area (Å²) in [6.45, 7) is 2.37. The summed E-state index contributed by atoms with van der Waals surface area (Å²) in [6, 6.07) is 5.10. The van der Waals surface area contributed by atoms with E-state index < -0.39 is 5.60 Å². The second-order valence-corrected chi connectivity index (χ2v) is 6.94. The summed E-state index contributed by atoms with van der Waals surface area (Å²) in [4.78, 5) is 3.94. The molecule has 3 atom stereocenters. The van der Waals surface area contributed by atoms with Crippen LogP contribution in [-0.2, 0) is 6.54 Å². The van der Waals surface area contributed by atoms with Crippen LogP contribution in [-0.4, -0.2) is 31.6 Å². The second-order valence-electron chi connectivity index (χ2n) is 6.10. The van der Waals surface area contributed by atoms with Gasteiger partial charge in [-0.25, -0.2) is 9.67 Å². The van der Waals surface area contributed by atoms with E-state index in [0.717, 1.165) is 19.3 Å². The third-order valence-electron chi connectivity index (χ3n) is 4.56. The highest BCUT2D eigenvalue weighted by Crippen LogP contribution is 2.39. The summed E-state index contributed by atoms with van der Waals surface area (Å²) in [6.07, 6.45) is 5.40. The molecule has 3 rings (SSSR count). The maximum atomic E-state index is 11.3. The zero-order chi connectivity index (χ0) is 16.4. The summed E-state index contributed by atoms with van der Waals surface area (Å²) in [7, 11) is 0. The van der Waals surface area contributed by atoms with Crippen LogP contribution in [0, 0.1) is 5.92 Å². The first kappa shape index (κ1) is 16.6. The summed E-state index contributed by atoms with van der Waals surface area (Å²) in [5, 5.41) is 16.4. The molecule has 1 aliphatic carbocycles. The lowest BCUT2D eigenvalue weighted by Crippen LogP contribution is -2.56. The van der Waals surface area contributed by atoms with Gasteiger partial charge in [0.2, 0.25) is 0 Å². The molecule has 1 fully saturated rings. The number of aliphatic hydroxyl groups is 1. The van der Waals surface area contributed by atoms with Crippen LogP contribution in [0.1, 0.15) is 26.2 Å². The molecule has 124 valence electrons. The lowest BCUT2D eigenvalue weighted by atomic mass is 9.74. The minimum absolute atomic E-state index is 0.0801. The monoisotopic (exact) mass is 355 g/mol. The number of rotatable bonds is 4. The van der Waals surface area contributed by atoms with Gasteiger partial charge in [-0.3, -0.25) is 0 Å². The lowest BCUT2D eigenvalue weighted by molar-refractivity contribution is -0.132. The molecule has 0 radical (unpaired) electrons. The zero-order valence-corrected chi connectivity index (χ0v) is 14.3. The van der Waals surface area contributed by atoms with Gasteiger partial charge in [-0.05, 0) is 43.4 Å². The van der Waals surface area contributed by atoms with Crippen LogP contribution in [0.5, 0.6) is 5.75 Å². The van der Waals surface area contributed by atoms with Crippen molar-refractivity contribution in [1.82, 2.24) is 14.8 Å². The van der Waals surface area contributed by atoms with Crippen molar-refractivity contribution in [3.05, 3.63) is 40.9 Å². The highest BCUT2D eigenvalue weighted by atomic mass is 35.5. The van der Waals surface area contributed by atoms with Crippen LogP contribution >= 0.6 is 23.2 Å². The molecule has 1 aromatic carbocycles. The number of ether oxygens (including phenoxy) is 1. The fraction of sp³-hybridized carbons (Fsp3) is 0.500. The van der Waals surface area contributed by atoms with Crippen molar-refractivity contribution in [2.75, 3.05) is 0 Å². The van der Waals surface area contributed by atoms with Gasteiger partial charge in [0.1, 0.15) is 30.1 Å². The molecule has 5 nitrogen and oxygen atoms in total. The Balaban J connectivity index is 1.85. The van der Waals surface area contributed by atoms with Crippen LogP contribution in [0.3, 0.4) is 0 Å². The van der Waals surface area contributed by atoms with E-state index in [1.807, 2.05) is 6.92 Å². The first-order valence-electron chi connectivity index (χ1n) is 7.65. The molecule has 0 aliphatic heterocycles. The number of nitrogens with zero attached hydrogens (tertiary/aromatic N) is 3. The Morgan fingerprint density at radius 3 is 2.91 bits per heavy atom. The van der Waals surface area contributed by atoms with Crippen molar-refractivity contribution in [2.24, 2.45) is 5.92 Å². The fourth-order valence-electron chi connectivity index (χ4n) is 3.14. The molecule has 0 unspecified atom stereocenters. The topological polar surface area (TPSA) is 60.2 Å². The summed E-state index contributed by atoms with van der Waals surface area (Å²) < 4.78 is 7.71. The Labute approximate surface area is 145 Å². The van der Waals surface area contributed by atoms with Gasteiger partial charge in [-0.2, -0.15) is 5.10 Å². The van der Waals surface area contributed by atoms with E-state index >= 15 is 0 Å². The SMILES string of the molecule is C[C@H]1CCC[C@@H](Oc2ccc(Cl)cc2Cl)[C@]1(O)Cn1cncn1. The van der Waals surface area contributed by atoms with Crippen molar-refractivity contribution in [2.45, 2.75) is 44.4 Å². The number of hydrogen-bond donors (Lipinski definition) is 1. The minimum Gasteiger partial charge on any atom is -0.486 e. The van der Waals surface area contributed by atoms with Crippen molar-refractivity contribution >= 4 is 23.2 Å². The number of benzene rings is 1. The van der Waals surface area contributed by atoms with E-state index in [2.05, 4.69) is 10.1 Å². The molecule has 1 aliphatic rings. The van der Waals surface area contributed by atoms with Crippen molar-refractivity contribution in [3.8, 4) is 5.75 Å². The van der Waals surface area contributed by atoms with Crippen molar-refractivity contribution in [3.63, 3.8) is 0 Å². The normalized spacial score (nSPS) is 27.8. The largest absolute Gasteiger partial charge is 0.486 e. The molecular formula is C16H19Cl2N3O2. The molecule has 1 saturated carbocycles. The Morgan fingerprint density at radius 2 is 2.22 bits per heavy atom. The van der Waals surface area contributed by atoms with Crippen LogP contribution in [0.15, 0.2) is 30.9 Å². The third kappa shape index (κ3) is 3.47. The molecule has 0 spiro atoms. The van der Waals surface area contributed by atoms with E-state index in [1.54, 1.807) is 29.2 Å². The van der Waals surface area contributed by atoms with Gasteiger partial charge in [0.25, 0.3) is 0 Å². The predicted molar refractivity (Wildman–Crippen MR) is 88.9 cm³/mol. The molecule has 1 aromatic heterocycles. The van der Waals surface area contributed by atoms with Gasteiger partial charge in [-0.15, -0.1) is 0 Å². The van der Waals surface area contributed by atoms with E-state index in [9.17, 15) is 5.11 Å². The first-order chi connectivity index (χ1) is 11.0. The van der Waals surface area contributed by atoms with Gasteiger partial charge in [0, 0.05) is 5.02 Å². The zero-order valence-electron chi connectivity index (χ0n) is 12.8. The molecule has 1 N–H and O–H groups in total. The molecular weight excluding hydrogens is 337 g/mol. The average Bonchev–Trinajstić information content (AvgIpc) is 2.99. The summed E-state index contributed by atoms with van der Waals surface area (Å²) in [5.74, 6) is 0.615. The molecule has 23 heavy (non-hydrogen) atoms. The highest BCUT2D eigenvalue weighted by molar-refractivity contribution is 6.35. The Hall–Kier alpha value is -1.30. The fourth-order valence-corrected chi connectivity index (χ4v) is 3.60. The molecule has 0 saturated heterocycles. The molecule has 0 bridgehead atoms. The second kappa shape index (κ2) is 6.67. The molecule has 2 aromatic rings. The van der Waals surface area contributed by atoms with E-state index in [0.29, 0.717) is 22.3 Å². The quantitative estimate of drug-likeness (QED) is 0.910. The molecule has 7 heteroatoms. The lowest BCUT2D eigenvalue weighted by Gasteiger charge is -2.44. The van der Waals surface area contributed by atoms with E-state index in [4.69, 9.17) is 27.9 Å². The Morgan fingerprint density at radius 1 is 1.39 bits per heavy atom. The standard InChI is InChI=1S/C16H19Cl2N3O2/c1-11-3-2-4-15(16(11,22)8-21-10-19-9-20-21)23-14-6-5-12(17)7-13(14)18/h5-7,9-11,15,22H,2-4,8H2,1H3/t11-,15+,16-/m0/s1. The van der Waals surface area contributed by atoms with Gasteiger partial charge in [0.15, 0.2) is 0 Å². The van der Waals surface area contributed by atoms with Crippen molar-refractivity contribution in [1.29, 1.82) is 0 Å². The minimum atomic E-state index is -1.03. The Bertz CT molecular complexity index is 665. The first-order valence-corrected chi connectivity index (χ1v) is 8.41. The van der Waals surface area contributed by atoms with Crippen LogP contribution in [0.25, 0.3) is 0 Å². The summed E-state index contributed by atoms with van der Waals surface area (Å²) in [5.41, 5.74) is -1.03. The average molecular weight is 356 g/mol. The maximum absolute atomic E-state index is 11.3. The number of aromatic nitrogens is 3. The number of halogens is 2. The van der Waals surface area contributed by atoms with Crippen LogP contribution < -0.4 is 4.74 Å². The van der Waals surface area contributed by atoms with Crippen LogP contribution in [0.2, 0.25) is 10.0 Å². The van der Waals surface area contributed by atoms with E-state index in [1.165, 1.54) is 6.33 Å². The van der Waals surface area contributed by atoms with Gasteiger partial charge < -0.3 is 9.84 Å². The third-order valence-corrected chi connectivity index (χ3v) is 5.09. The van der Waals surface area contributed by atoms with Gasteiger partial charge in [0.05, 0.1) is 11.6 Å². The predicted octanol–water partition coefficient (Wildman–Crippen LogP) is 3.58. The van der Waals surface area contributed by atoms with Crippen molar-refractivity contribution < 1.29 is 9.84 Å². The Kier molecular flexibility index (Phi) is 4.80. The molecule has 0 amide bonds. The number of hydrogen-bond acceptors (Lipinski definition) is 4. The highest BCUT2D eigenvalue weighted by Gasteiger charge is 2.46. The molecule has 1 heterocycles. The van der Waals surface area contributed by atoms with Gasteiger partial charge in [-0.1, -0.05) is 30.1 Å². The maximum Gasteiger partial charge on any atom is 0.138 e.